The molecule has 0 aliphatic carbocycles. The second-order valence-corrected chi connectivity index (χ2v) is 5.60. The number of nitrogens with zero attached hydrogens (tertiary/aromatic N) is 2. The minimum atomic E-state index is -0.898. The number of benzene rings is 1. The van der Waals surface area contributed by atoms with Crippen LogP contribution >= 0.6 is 0 Å². The van der Waals surface area contributed by atoms with Crippen LogP contribution in [0.2, 0.25) is 0 Å². The monoisotopic (exact) mass is 298 g/mol. The Bertz CT molecular complexity index is 765. The van der Waals surface area contributed by atoms with Crippen LogP contribution in [0.5, 0.6) is 0 Å². The molecule has 1 fully saturated rings. The molecule has 1 aromatic carbocycles. The van der Waals surface area contributed by atoms with E-state index in [0.717, 1.165) is 23.0 Å². The number of ether oxygens (including phenoxy) is 2. The quantitative estimate of drug-likeness (QED) is 0.741. The number of fused-ring (bicyclic) bond motifs is 1. The molecule has 0 amide bonds. The van der Waals surface area contributed by atoms with Gasteiger partial charge in [0.15, 0.2) is 5.76 Å². The third kappa shape index (κ3) is 2.14. The second-order valence-electron chi connectivity index (χ2n) is 5.60. The van der Waals surface area contributed by atoms with Gasteiger partial charge < -0.3 is 18.5 Å². The van der Waals surface area contributed by atoms with E-state index in [1.165, 1.54) is 0 Å². The van der Waals surface area contributed by atoms with Crippen LogP contribution in [-0.2, 0) is 21.8 Å². The van der Waals surface area contributed by atoms with Crippen LogP contribution in [0.15, 0.2) is 53.7 Å². The summed E-state index contributed by atoms with van der Waals surface area (Å²) in [7, 11) is 0. The van der Waals surface area contributed by atoms with Crippen LogP contribution in [0.25, 0.3) is 10.8 Å². The summed E-state index contributed by atoms with van der Waals surface area (Å²) in [5, 5.41) is 2.08. The highest BCUT2D eigenvalue weighted by atomic mass is 16.8. The Morgan fingerprint density at radius 3 is 3.05 bits per heavy atom. The van der Waals surface area contributed by atoms with Crippen LogP contribution < -0.4 is 0 Å². The van der Waals surface area contributed by atoms with E-state index in [1.54, 1.807) is 18.8 Å². The molecule has 22 heavy (non-hydrogen) atoms. The van der Waals surface area contributed by atoms with E-state index in [0.29, 0.717) is 13.2 Å². The Balaban J connectivity index is 1.80. The fourth-order valence-corrected chi connectivity index (χ4v) is 2.95. The first kappa shape index (κ1) is 13.5. The summed E-state index contributed by atoms with van der Waals surface area (Å²) >= 11 is 0. The van der Waals surface area contributed by atoms with Crippen LogP contribution in [-0.4, -0.2) is 22.3 Å². The van der Waals surface area contributed by atoms with E-state index < -0.39 is 5.79 Å². The summed E-state index contributed by atoms with van der Waals surface area (Å²) in [6.07, 6.45) is 8.15. The number of hydrogen-bond acceptors (Lipinski definition) is 4. The molecule has 2 aromatic heterocycles. The molecule has 2 atom stereocenters. The summed E-state index contributed by atoms with van der Waals surface area (Å²) < 4.78 is 20.2. The molecule has 0 saturated carbocycles. The lowest BCUT2D eigenvalue weighted by Gasteiger charge is -2.26. The Labute approximate surface area is 128 Å². The zero-order valence-corrected chi connectivity index (χ0v) is 12.4. The van der Waals surface area contributed by atoms with E-state index in [2.05, 4.69) is 11.9 Å². The average Bonchev–Trinajstić information content (AvgIpc) is 3.26. The largest absolute Gasteiger partial charge is 0.462 e. The topological polar surface area (TPSA) is 49.4 Å². The molecule has 0 radical (unpaired) electrons. The Hall–Kier alpha value is -2.11. The van der Waals surface area contributed by atoms with Crippen molar-refractivity contribution < 1.29 is 13.9 Å². The molecule has 1 aliphatic heterocycles. The molecule has 1 saturated heterocycles. The van der Waals surface area contributed by atoms with E-state index in [9.17, 15) is 0 Å². The third-order valence-electron chi connectivity index (χ3n) is 4.12. The highest BCUT2D eigenvalue weighted by molar-refractivity contribution is 5.84. The van der Waals surface area contributed by atoms with Crippen molar-refractivity contribution in [2.75, 3.05) is 6.61 Å². The zero-order chi connectivity index (χ0) is 15.0. The Morgan fingerprint density at radius 2 is 2.27 bits per heavy atom. The van der Waals surface area contributed by atoms with E-state index in [1.807, 2.05) is 35.0 Å². The predicted octanol–water partition coefficient (Wildman–Crippen LogP) is 3.31. The standard InChI is InChI=1S/C17H18N2O3/c1-2-14-10-21-17(22-14,11-19-8-7-18-12-19)16-15-6-4-3-5-13(15)9-20-16/h3-9,12,14H,2,10-11H2,1H3. The molecule has 0 spiro atoms. The first-order valence-corrected chi connectivity index (χ1v) is 7.55. The molecular weight excluding hydrogens is 280 g/mol. The lowest BCUT2D eigenvalue weighted by Crippen LogP contribution is -2.33. The lowest BCUT2D eigenvalue weighted by atomic mass is 10.1. The van der Waals surface area contributed by atoms with Gasteiger partial charge in [0.05, 0.1) is 31.8 Å². The van der Waals surface area contributed by atoms with Crippen molar-refractivity contribution >= 4 is 10.8 Å². The van der Waals surface area contributed by atoms with Gasteiger partial charge in [0.1, 0.15) is 0 Å². The summed E-state index contributed by atoms with van der Waals surface area (Å²) in [5.74, 6) is -0.169. The minimum absolute atomic E-state index is 0.0763. The van der Waals surface area contributed by atoms with Crippen LogP contribution in [0.3, 0.4) is 0 Å². The van der Waals surface area contributed by atoms with Gasteiger partial charge in [0, 0.05) is 23.2 Å². The van der Waals surface area contributed by atoms with E-state index >= 15 is 0 Å². The van der Waals surface area contributed by atoms with Gasteiger partial charge in [-0.3, -0.25) is 0 Å². The fourth-order valence-electron chi connectivity index (χ4n) is 2.95. The maximum Gasteiger partial charge on any atom is 0.248 e. The first-order valence-electron chi connectivity index (χ1n) is 7.55. The van der Waals surface area contributed by atoms with Gasteiger partial charge in [-0.25, -0.2) is 4.98 Å². The molecular formula is C17H18N2O3. The summed E-state index contributed by atoms with van der Waals surface area (Å²) in [6, 6.07) is 8.06. The number of aromatic nitrogens is 2. The number of imidazole rings is 1. The zero-order valence-electron chi connectivity index (χ0n) is 12.4. The number of furan rings is 1. The van der Waals surface area contributed by atoms with Crippen molar-refractivity contribution in [1.82, 2.24) is 9.55 Å². The summed E-state index contributed by atoms with van der Waals surface area (Å²) in [6.45, 7) is 3.18. The van der Waals surface area contributed by atoms with Crippen LogP contribution in [0.1, 0.15) is 19.1 Å². The van der Waals surface area contributed by atoms with Gasteiger partial charge in [0.2, 0.25) is 5.79 Å². The molecule has 1 aliphatic rings. The number of hydrogen-bond donors (Lipinski definition) is 0. The van der Waals surface area contributed by atoms with Crippen molar-refractivity contribution in [2.45, 2.75) is 31.8 Å². The maximum atomic E-state index is 6.26. The maximum absolute atomic E-state index is 6.26. The van der Waals surface area contributed by atoms with Gasteiger partial charge in [-0.1, -0.05) is 31.2 Å². The molecule has 3 aromatic rings. The van der Waals surface area contributed by atoms with Crippen molar-refractivity contribution in [3.05, 3.63) is 55.0 Å². The smallest absolute Gasteiger partial charge is 0.248 e. The predicted molar refractivity (Wildman–Crippen MR) is 81.2 cm³/mol. The van der Waals surface area contributed by atoms with Gasteiger partial charge >= 0.3 is 0 Å². The molecule has 3 heterocycles. The number of rotatable bonds is 4. The molecule has 0 N–H and O–H groups in total. The van der Waals surface area contributed by atoms with Crippen LogP contribution in [0.4, 0.5) is 0 Å². The third-order valence-corrected chi connectivity index (χ3v) is 4.12. The van der Waals surface area contributed by atoms with E-state index in [4.69, 9.17) is 13.9 Å². The fraction of sp³-hybridized carbons (Fsp3) is 0.353. The van der Waals surface area contributed by atoms with Gasteiger partial charge in [-0.2, -0.15) is 0 Å². The molecule has 0 bridgehead atoms. The van der Waals surface area contributed by atoms with Crippen molar-refractivity contribution in [3.8, 4) is 0 Å². The minimum Gasteiger partial charge on any atom is -0.462 e. The second kappa shape index (κ2) is 5.26. The Morgan fingerprint density at radius 1 is 1.36 bits per heavy atom. The highest BCUT2D eigenvalue weighted by Gasteiger charge is 2.46. The van der Waals surface area contributed by atoms with Gasteiger partial charge in [-0.15, -0.1) is 0 Å². The van der Waals surface area contributed by atoms with Crippen molar-refractivity contribution in [2.24, 2.45) is 0 Å². The van der Waals surface area contributed by atoms with Crippen molar-refractivity contribution in [1.29, 1.82) is 0 Å². The van der Waals surface area contributed by atoms with E-state index in [-0.39, 0.29) is 6.10 Å². The lowest BCUT2D eigenvalue weighted by molar-refractivity contribution is -0.197. The molecule has 5 heteroatoms. The van der Waals surface area contributed by atoms with Crippen LogP contribution in [0, 0.1) is 0 Å². The first-order chi connectivity index (χ1) is 10.8. The van der Waals surface area contributed by atoms with Gasteiger partial charge in [0.25, 0.3) is 0 Å². The molecule has 4 rings (SSSR count). The summed E-state index contributed by atoms with van der Waals surface area (Å²) in [4.78, 5) is 4.10. The SMILES string of the molecule is CCC1COC(Cn2ccnc2)(c2occ3ccccc23)O1. The molecule has 5 nitrogen and oxygen atoms in total. The Kier molecular flexibility index (Phi) is 3.24. The molecule has 2 unspecified atom stereocenters. The van der Waals surface area contributed by atoms with Gasteiger partial charge in [-0.05, 0) is 6.42 Å². The summed E-state index contributed by atoms with van der Waals surface area (Å²) in [5.41, 5.74) is 0. The highest BCUT2D eigenvalue weighted by Crippen LogP contribution is 2.41. The molecule has 114 valence electrons. The van der Waals surface area contributed by atoms with Crippen molar-refractivity contribution in [3.63, 3.8) is 0 Å². The normalized spacial score (nSPS) is 25.0. The average molecular weight is 298 g/mol.